The number of aromatic nitrogens is 2. The molecule has 0 saturated carbocycles. The molecular weight excluding hydrogens is 240 g/mol. The lowest BCUT2D eigenvalue weighted by molar-refractivity contribution is 0.0942. The van der Waals surface area contributed by atoms with Gasteiger partial charge in [-0.15, -0.1) is 11.3 Å². The van der Waals surface area contributed by atoms with Crippen LogP contribution in [0.1, 0.15) is 27.2 Å². The Hall–Kier alpha value is -1.89. The van der Waals surface area contributed by atoms with E-state index in [9.17, 15) is 4.79 Å². The van der Waals surface area contributed by atoms with Gasteiger partial charge in [-0.3, -0.25) is 4.79 Å². The first-order chi connectivity index (χ1) is 8.20. The maximum Gasteiger partial charge on any atom is 0.277 e. The highest BCUT2D eigenvalue weighted by Crippen LogP contribution is 2.16. The fraction of sp³-hybridized carbons (Fsp3) is 0.300. The highest BCUT2D eigenvalue weighted by Gasteiger charge is 2.15. The average Bonchev–Trinajstić information content (AvgIpc) is 2.94. The number of rotatable bonds is 4. The second-order valence-electron chi connectivity index (χ2n) is 3.40. The summed E-state index contributed by atoms with van der Waals surface area (Å²) in [5.74, 6) is -0.377. The van der Waals surface area contributed by atoms with Crippen molar-refractivity contribution in [1.82, 2.24) is 15.6 Å². The Kier molecular flexibility index (Phi) is 3.38. The van der Waals surface area contributed by atoms with E-state index in [0.717, 1.165) is 11.3 Å². The fourth-order valence-electron chi connectivity index (χ4n) is 1.31. The molecule has 2 heterocycles. The first kappa shape index (κ1) is 11.6. The third kappa shape index (κ3) is 2.62. The van der Waals surface area contributed by atoms with Crippen molar-refractivity contribution in [1.29, 1.82) is 0 Å². The van der Waals surface area contributed by atoms with Gasteiger partial charge in [-0.25, -0.2) is 4.63 Å². The minimum atomic E-state index is -0.379. The van der Waals surface area contributed by atoms with E-state index >= 15 is 0 Å². The van der Waals surface area contributed by atoms with E-state index in [1.54, 1.807) is 11.3 Å². The lowest BCUT2D eigenvalue weighted by atomic mass is 10.3. The average molecular weight is 252 g/mol. The number of hydrogen-bond acceptors (Lipinski definition) is 6. The van der Waals surface area contributed by atoms with Crippen LogP contribution in [0.25, 0.3) is 0 Å². The summed E-state index contributed by atoms with van der Waals surface area (Å²) in [6, 6.07) is 4.05. The van der Waals surface area contributed by atoms with Crippen molar-refractivity contribution in [2.24, 2.45) is 0 Å². The van der Waals surface area contributed by atoms with Crippen LogP contribution in [0.3, 0.4) is 0 Å². The summed E-state index contributed by atoms with van der Waals surface area (Å²) in [7, 11) is 0. The maximum atomic E-state index is 11.6. The minimum absolute atomic E-state index is 0.00271. The Labute approximate surface area is 102 Å². The van der Waals surface area contributed by atoms with Crippen LogP contribution in [-0.4, -0.2) is 16.2 Å². The summed E-state index contributed by atoms with van der Waals surface area (Å²) in [5, 5.41) is 9.48. The Bertz CT molecular complexity index is 520. The molecule has 1 amide bonds. The molecule has 7 heteroatoms. The number of aryl methyl sites for hydroxylation is 1. The van der Waals surface area contributed by atoms with Gasteiger partial charge in [0.2, 0.25) is 11.5 Å². The molecule has 3 N–H and O–H groups in total. The van der Waals surface area contributed by atoms with Crippen LogP contribution in [0.4, 0.5) is 5.82 Å². The van der Waals surface area contributed by atoms with Gasteiger partial charge in [0.05, 0.1) is 6.54 Å². The van der Waals surface area contributed by atoms with Crippen molar-refractivity contribution in [2.45, 2.75) is 19.9 Å². The van der Waals surface area contributed by atoms with Gasteiger partial charge in [0.1, 0.15) is 0 Å². The summed E-state index contributed by atoms with van der Waals surface area (Å²) in [6.45, 7) is 2.55. The number of amides is 1. The predicted molar refractivity (Wildman–Crippen MR) is 63.6 cm³/mol. The summed E-state index contributed by atoms with van der Waals surface area (Å²) in [4.78, 5) is 14.0. The van der Waals surface area contributed by atoms with Gasteiger partial charge >= 0.3 is 0 Å². The monoisotopic (exact) mass is 252 g/mol. The molecular formula is C10H12N4O2S. The van der Waals surface area contributed by atoms with Crippen molar-refractivity contribution in [3.05, 3.63) is 27.6 Å². The minimum Gasteiger partial charge on any atom is -0.379 e. The van der Waals surface area contributed by atoms with E-state index in [4.69, 9.17) is 5.73 Å². The van der Waals surface area contributed by atoms with Gasteiger partial charge in [-0.2, -0.15) is 0 Å². The molecule has 17 heavy (non-hydrogen) atoms. The van der Waals surface area contributed by atoms with E-state index in [1.807, 2.05) is 6.07 Å². The zero-order valence-corrected chi connectivity index (χ0v) is 10.1. The van der Waals surface area contributed by atoms with Crippen LogP contribution in [0, 0.1) is 0 Å². The molecule has 0 aliphatic carbocycles. The molecule has 0 spiro atoms. The summed E-state index contributed by atoms with van der Waals surface area (Å²) in [6.07, 6.45) is 0.999. The van der Waals surface area contributed by atoms with Gasteiger partial charge < -0.3 is 11.1 Å². The second kappa shape index (κ2) is 4.96. The maximum absolute atomic E-state index is 11.6. The molecule has 0 bridgehead atoms. The van der Waals surface area contributed by atoms with Gasteiger partial charge in [-0.05, 0) is 28.9 Å². The van der Waals surface area contributed by atoms with Crippen molar-refractivity contribution < 1.29 is 9.42 Å². The van der Waals surface area contributed by atoms with Gasteiger partial charge in [0.25, 0.3) is 5.91 Å². The largest absolute Gasteiger partial charge is 0.379 e. The van der Waals surface area contributed by atoms with Gasteiger partial charge in [0.15, 0.2) is 0 Å². The van der Waals surface area contributed by atoms with Crippen LogP contribution < -0.4 is 11.1 Å². The Morgan fingerprint density at radius 1 is 1.47 bits per heavy atom. The Balaban J connectivity index is 1.94. The number of nitrogens with zero attached hydrogens (tertiary/aromatic N) is 2. The number of carbonyl (C=O) groups is 1. The molecule has 6 nitrogen and oxygen atoms in total. The van der Waals surface area contributed by atoms with Crippen LogP contribution >= 0.6 is 11.3 Å². The predicted octanol–water partition coefficient (Wildman–Crippen LogP) is 1.21. The number of nitrogen functional groups attached to an aromatic ring is 1. The van der Waals surface area contributed by atoms with E-state index in [2.05, 4.69) is 33.2 Å². The summed E-state index contributed by atoms with van der Waals surface area (Å²) >= 11 is 1.67. The standard InChI is InChI=1S/C10H12N4O2S/c1-2-6-3-4-7(17-6)5-12-10(15)8-9(11)14-16-13-8/h3-4H,2,5H2,1H3,(H2,11,14)(H,12,15). The third-order valence-corrected chi connectivity index (χ3v) is 3.45. The molecule has 2 rings (SSSR count). The van der Waals surface area contributed by atoms with E-state index in [0.29, 0.717) is 6.54 Å². The van der Waals surface area contributed by atoms with Crippen molar-refractivity contribution in [3.8, 4) is 0 Å². The Morgan fingerprint density at radius 2 is 2.24 bits per heavy atom. The Morgan fingerprint density at radius 3 is 2.82 bits per heavy atom. The van der Waals surface area contributed by atoms with E-state index < -0.39 is 0 Å². The molecule has 0 atom stereocenters. The highest BCUT2D eigenvalue weighted by molar-refractivity contribution is 7.11. The smallest absolute Gasteiger partial charge is 0.277 e. The van der Waals surface area contributed by atoms with Crippen LogP contribution in [-0.2, 0) is 13.0 Å². The summed E-state index contributed by atoms with van der Waals surface area (Å²) < 4.78 is 4.36. The fourth-order valence-corrected chi connectivity index (χ4v) is 2.21. The number of nitrogens with one attached hydrogen (secondary N) is 1. The van der Waals surface area contributed by atoms with Crippen molar-refractivity contribution in [2.75, 3.05) is 5.73 Å². The SMILES string of the molecule is CCc1ccc(CNC(=O)c2nonc2N)s1. The van der Waals surface area contributed by atoms with Crippen molar-refractivity contribution in [3.63, 3.8) is 0 Å². The van der Waals surface area contributed by atoms with Gasteiger partial charge in [-0.1, -0.05) is 6.92 Å². The molecule has 90 valence electrons. The normalized spacial score (nSPS) is 10.4. The molecule has 0 unspecified atom stereocenters. The number of thiophene rings is 1. The number of hydrogen-bond donors (Lipinski definition) is 2. The molecule has 0 aliphatic rings. The van der Waals surface area contributed by atoms with Gasteiger partial charge in [0, 0.05) is 9.75 Å². The molecule has 2 aromatic heterocycles. The number of nitrogens with two attached hydrogens (primary N) is 1. The number of anilines is 1. The summed E-state index contributed by atoms with van der Waals surface area (Å²) in [5.41, 5.74) is 5.44. The first-order valence-electron chi connectivity index (χ1n) is 5.14. The third-order valence-electron chi connectivity index (χ3n) is 2.22. The van der Waals surface area contributed by atoms with Crippen LogP contribution in [0.2, 0.25) is 0 Å². The zero-order valence-electron chi connectivity index (χ0n) is 9.27. The van der Waals surface area contributed by atoms with Crippen molar-refractivity contribution >= 4 is 23.1 Å². The molecule has 0 saturated heterocycles. The molecule has 0 fully saturated rings. The van der Waals surface area contributed by atoms with E-state index in [-0.39, 0.29) is 17.4 Å². The molecule has 0 radical (unpaired) electrons. The first-order valence-corrected chi connectivity index (χ1v) is 5.96. The molecule has 0 aromatic carbocycles. The zero-order chi connectivity index (χ0) is 12.3. The lowest BCUT2D eigenvalue weighted by Crippen LogP contribution is -2.23. The molecule has 2 aromatic rings. The topological polar surface area (TPSA) is 94.0 Å². The number of carbonyl (C=O) groups excluding carboxylic acids is 1. The molecule has 0 aliphatic heterocycles. The lowest BCUT2D eigenvalue weighted by Gasteiger charge is -1.99. The van der Waals surface area contributed by atoms with E-state index in [1.165, 1.54) is 4.88 Å². The second-order valence-corrected chi connectivity index (χ2v) is 4.66. The van der Waals surface area contributed by atoms with Crippen LogP contribution in [0.15, 0.2) is 16.8 Å². The van der Waals surface area contributed by atoms with Crippen LogP contribution in [0.5, 0.6) is 0 Å². The quantitative estimate of drug-likeness (QED) is 0.852. The highest BCUT2D eigenvalue weighted by atomic mass is 32.1.